The Kier molecular flexibility index (Phi) is 2.22. The summed E-state index contributed by atoms with van der Waals surface area (Å²) in [6.45, 7) is 0.654. The number of carbonyl (C=O) groups excluding carboxylic acids is 1. The van der Waals surface area contributed by atoms with E-state index in [0.29, 0.717) is 18.8 Å². The molecule has 1 aliphatic rings. The highest BCUT2D eigenvalue weighted by Gasteiger charge is 2.21. The number of methoxy groups -OCH3 is 1. The van der Waals surface area contributed by atoms with E-state index in [1.165, 1.54) is 0 Å². The Labute approximate surface area is 81.7 Å². The van der Waals surface area contributed by atoms with E-state index in [9.17, 15) is 4.79 Å². The van der Waals surface area contributed by atoms with Gasteiger partial charge >= 0.3 is 0 Å². The van der Waals surface area contributed by atoms with Crippen molar-refractivity contribution in [3.63, 3.8) is 0 Å². The lowest BCUT2D eigenvalue weighted by Gasteiger charge is -2.18. The van der Waals surface area contributed by atoms with Gasteiger partial charge < -0.3 is 4.74 Å². The highest BCUT2D eigenvalue weighted by molar-refractivity contribution is 5.82. The topological polar surface area (TPSA) is 54.5 Å². The van der Waals surface area contributed by atoms with Crippen molar-refractivity contribution in [3.8, 4) is 5.88 Å². The molecule has 0 aliphatic carbocycles. The number of rotatable bonds is 2. The van der Waals surface area contributed by atoms with Crippen molar-refractivity contribution in [1.29, 1.82) is 0 Å². The number of nitrogens with one attached hydrogen (secondary N) is 1. The third-order valence-electron chi connectivity index (χ3n) is 2.06. The Hall–Kier alpha value is -1.78. The lowest BCUT2D eigenvalue weighted by molar-refractivity contribution is -0.119. The minimum absolute atomic E-state index is 0.0240. The molecular formula is C9H11N3O2. The molecule has 1 amide bonds. The molecule has 0 aromatic carbocycles. The molecule has 74 valence electrons. The van der Waals surface area contributed by atoms with E-state index in [2.05, 4.69) is 10.4 Å². The number of amides is 1. The molecule has 1 saturated heterocycles. The van der Waals surface area contributed by atoms with Crippen molar-refractivity contribution in [2.75, 3.05) is 18.7 Å². The molecule has 5 nitrogen and oxygen atoms in total. The summed E-state index contributed by atoms with van der Waals surface area (Å²) in [7, 11) is 1.56. The zero-order valence-corrected chi connectivity index (χ0v) is 7.86. The second-order valence-electron chi connectivity index (χ2n) is 2.97. The van der Waals surface area contributed by atoms with Gasteiger partial charge in [-0.2, -0.15) is 0 Å². The average Bonchev–Trinajstić information content (AvgIpc) is 2.65. The third-order valence-corrected chi connectivity index (χ3v) is 2.06. The molecule has 0 saturated carbocycles. The maximum absolute atomic E-state index is 11.0. The molecule has 1 aromatic rings. The van der Waals surface area contributed by atoms with Gasteiger partial charge in [0.25, 0.3) is 0 Å². The number of nitrogens with zero attached hydrogens (tertiary/aromatic N) is 2. The maximum Gasteiger partial charge on any atom is 0.240 e. The molecule has 0 unspecified atom stereocenters. The molecule has 1 aromatic heterocycles. The molecule has 2 rings (SSSR count). The van der Waals surface area contributed by atoms with Crippen LogP contribution in [0.5, 0.6) is 5.88 Å². The summed E-state index contributed by atoms with van der Waals surface area (Å²) in [5, 5.41) is 1.74. The Bertz CT molecular complexity index is 354. The summed E-state index contributed by atoms with van der Waals surface area (Å²) in [5.41, 5.74) is 3.51. The second-order valence-corrected chi connectivity index (χ2v) is 2.97. The molecule has 0 atom stereocenters. The fourth-order valence-corrected chi connectivity index (χ4v) is 1.40. The Morgan fingerprint density at radius 3 is 3.14 bits per heavy atom. The normalized spacial score (nSPS) is 15.5. The van der Waals surface area contributed by atoms with Crippen LogP contribution in [0.2, 0.25) is 0 Å². The molecular weight excluding hydrogens is 182 g/mol. The monoisotopic (exact) mass is 193 g/mol. The standard InChI is InChI=1S/C9H11N3O2/c1-14-9-7(3-2-5-10-9)12-6-4-8(13)11-12/h2-3,5H,4,6H2,1H3,(H,11,13). The van der Waals surface area contributed by atoms with Crippen molar-refractivity contribution in [1.82, 2.24) is 10.4 Å². The fourth-order valence-electron chi connectivity index (χ4n) is 1.40. The second kappa shape index (κ2) is 3.53. The number of hydrazine groups is 1. The number of anilines is 1. The van der Waals surface area contributed by atoms with Gasteiger partial charge in [0, 0.05) is 19.2 Å². The highest BCUT2D eigenvalue weighted by atomic mass is 16.5. The average molecular weight is 193 g/mol. The summed E-state index contributed by atoms with van der Waals surface area (Å²) in [4.78, 5) is 15.1. The van der Waals surface area contributed by atoms with Gasteiger partial charge in [-0.15, -0.1) is 0 Å². The first kappa shape index (κ1) is 8.80. The first-order chi connectivity index (χ1) is 6.81. The molecule has 14 heavy (non-hydrogen) atoms. The van der Waals surface area contributed by atoms with Crippen LogP contribution in [0.4, 0.5) is 5.69 Å². The summed E-state index contributed by atoms with van der Waals surface area (Å²) >= 11 is 0. The summed E-state index contributed by atoms with van der Waals surface area (Å²) < 4.78 is 5.09. The van der Waals surface area contributed by atoms with Crippen LogP contribution in [0.1, 0.15) is 6.42 Å². The van der Waals surface area contributed by atoms with Crippen LogP contribution in [-0.4, -0.2) is 24.5 Å². The molecule has 1 aliphatic heterocycles. The SMILES string of the molecule is COc1ncccc1N1CCC(=O)N1. The van der Waals surface area contributed by atoms with Crippen LogP contribution < -0.4 is 15.2 Å². The number of aromatic nitrogens is 1. The van der Waals surface area contributed by atoms with E-state index in [-0.39, 0.29) is 5.91 Å². The van der Waals surface area contributed by atoms with Gasteiger partial charge in [-0.1, -0.05) is 0 Å². The number of pyridine rings is 1. The van der Waals surface area contributed by atoms with Crippen molar-refractivity contribution in [2.45, 2.75) is 6.42 Å². The van der Waals surface area contributed by atoms with Crippen molar-refractivity contribution in [2.24, 2.45) is 0 Å². The Balaban J connectivity index is 2.27. The molecule has 1 fully saturated rings. The minimum atomic E-state index is 0.0240. The Morgan fingerprint density at radius 1 is 1.64 bits per heavy atom. The van der Waals surface area contributed by atoms with Gasteiger partial charge in [0.15, 0.2) is 0 Å². The summed E-state index contributed by atoms with van der Waals surface area (Å²) in [5.74, 6) is 0.547. The van der Waals surface area contributed by atoms with Gasteiger partial charge in [0.05, 0.1) is 7.11 Å². The zero-order chi connectivity index (χ0) is 9.97. The summed E-state index contributed by atoms with van der Waals surface area (Å²) in [6.07, 6.45) is 2.16. The molecule has 0 radical (unpaired) electrons. The fraction of sp³-hybridized carbons (Fsp3) is 0.333. The molecule has 1 N–H and O–H groups in total. The van der Waals surface area contributed by atoms with E-state index < -0.39 is 0 Å². The van der Waals surface area contributed by atoms with Crippen LogP contribution in [0.25, 0.3) is 0 Å². The lowest BCUT2D eigenvalue weighted by Crippen LogP contribution is -2.33. The molecule has 5 heteroatoms. The van der Waals surface area contributed by atoms with E-state index in [4.69, 9.17) is 4.74 Å². The van der Waals surface area contributed by atoms with Crippen LogP contribution >= 0.6 is 0 Å². The molecule has 0 spiro atoms. The first-order valence-corrected chi connectivity index (χ1v) is 4.37. The van der Waals surface area contributed by atoms with E-state index in [0.717, 1.165) is 5.69 Å². The van der Waals surface area contributed by atoms with Gasteiger partial charge in [0.1, 0.15) is 5.69 Å². The first-order valence-electron chi connectivity index (χ1n) is 4.37. The molecule has 2 heterocycles. The summed E-state index contributed by atoms with van der Waals surface area (Å²) in [6, 6.07) is 3.67. The van der Waals surface area contributed by atoms with Crippen molar-refractivity contribution < 1.29 is 9.53 Å². The predicted molar refractivity (Wildman–Crippen MR) is 50.9 cm³/mol. The quantitative estimate of drug-likeness (QED) is 0.735. The van der Waals surface area contributed by atoms with E-state index in [1.807, 2.05) is 12.1 Å². The highest BCUT2D eigenvalue weighted by Crippen LogP contribution is 2.25. The Morgan fingerprint density at radius 2 is 2.50 bits per heavy atom. The van der Waals surface area contributed by atoms with Crippen LogP contribution in [0.3, 0.4) is 0 Å². The van der Waals surface area contributed by atoms with Crippen molar-refractivity contribution in [3.05, 3.63) is 18.3 Å². The third kappa shape index (κ3) is 1.48. The number of carbonyl (C=O) groups is 1. The minimum Gasteiger partial charge on any atom is -0.479 e. The van der Waals surface area contributed by atoms with Crippen molar-refractivity contribution >= 4 is 11.6 Å². The lowest BCUT2D eigenvalue weighted by atomic mass is 10.4. The van der Waals surface area contributed by atoms with E-state index in [1.54, 1.807) is 18.3 Å². The van der Waals surface area contributed by atoms with Gasteiger partial charge in [-0.25, -0.2) is 4.98 Å². The molecule has 0 bridgehead atoms. The number of hydrogen-bond acceptors (Lipinski definition) is 4. The van der Waals surface area contributed by atoms with Crippen LogP contribution in [0, 0.1) is 0 Å². The van der Waals surface area contributed by atoms with Gasteiger partial charge in [0.2, 0.25) is 11.8 Å². The van der Waals surface area contributed by atoms with E-state index >= 15 is 0 Å². The largest absolute Gasteiger partial charge is 0.479 e. The number of hydrogen-bond donors (Lipinski definition) is 1. The van der Waals surface area contributed by atoms with Gasteiger partial charge in [-0.05, 0) is 12.1 Å². The predicted octanol–water partition coefficient (Wildman–Crippen LogP) is 0.331. The smallest absolute Gasteiger partial charge is 0.240 e. The van der Waals surface area contributed by atoms with Crippen LogP contribution in [0.15, 0.2) is 18.3 Å². The van der Waals surface area contributed by atoms with Gasteiger partial charge in [-0.3, -0.25) is 15.2 Å². The maximum atomic E-state index is 11.0. The van der Waals surface area contributed by atoms with Crippen LogP contribution in [-0.2, 0) is 4.79 Å². The number of ether oxygens (including phenoxy) is 1. The zero-order valence-electron chi connectivity index (χ0n) is 7.86.